The third-order valence-corrected chi connectivity index (χ3v) is 7.15. The van der Waals surface area contributed by atoms with Gasteiger partial charge in [0.15, 0.2) is 6.10 Å². The largest absolute Gasteiger partial charge is 0.491 e. The van der Waals surface area contributed by atoms with Crippen LogP contribution in [0.2, 0.25) is 0 Å². The summed E-state index contributed by atoms with van der Waals surface area (Å²) in [6, 6.07) is 21.1. The first-order valence-corrected chi connectivity index (χ1v) is 12.1. The van der Waals surface area contributed by atoms with Gasteiger partial charge in [-0.1, -0.05) is 42.5 Å². The lowest BCUT2D eigenvalue weighted by Crippen LogP contribution is -2.51. The number of hydrogen-bond acceptors (Lipinski definition) is 5. The quantitative estimate of drug-likeness (QED) is 0.539. The predicted octanol–water partition coefficient (Wildman–Crippen LogP) is 3.45. The van der Waals surface area contributed by atoms with Crippen LogP contribution in [0, 0.1) is 13.8 Å². The van der Waals surface area contributed by atoms with E-state index in [9.17, 15) is 13.2 Å². The molecule has 1 N–H and O–H groups in total. The topological polar surface area (TPSA) is 84.9 Å². The van der Waals surface area contributed by atoms with Gasteiger partial charge in [0.05, 0.1) is 23.7 Å². The summed E-state index contributed by atoms with van der Waals surface area (Å²) in [4.78, 5) is 13.0. The van der Waals surface area contributed by atoms with E-state index >= 15 is 0 Å². The van der Waals surface area contributed by atoms with Crippen LogP contribution in [-0.2, 0) is 14.8 Å². The van der Waals surface area contributed by atoms with Gasteiger partial charge in [0.1, 0.15) is 18.1 Å². The lowest BCUT2D eigenvalue weighted by molar-refractivity contribution is -0.127. The molecular formula is C25H26N2O5S. The van der Waals surface area contributed by atoms with Crippen LogP contribution in [0.1, 0.15) is 11.1 Å². The van der Waals surface area contributed by atoms with E-state index in [1.165, 1.54) is 16.4 Å². The normalized spacial score (nSPS) is 15.3. The van der Waals surface area contributed by atoms with Crippen LogP contribution in [0.4, 0.5) is 5.69 Å². The van der Waals surface area contributed by atoms with Gasteiger partial charge in [-0.25, -0.2) is 8.42 Å². The molecule has 172 valence electrons. The summed E-state index contributed by atoms with van der Waals surface area (Å²) in [5.74, 6) is 0.704. The summed E-state index contributed by atoms with van der Waals surface area (Å²) in [5.41, 5.74) is 2.32. The summed E-state index contributed by atoms with van der Waals surface area (Å²) < 4.78 is 39.6. The number of anilines is 1. The van der Waals surface area contributed by atoms with Gasteiger partial charge in [0.25, 0.3) is 15.9 Å². The lowest BCUT2D eigenvalue weighted by Gasteiger charge is -2.35. The fraction of sp³-hybridized carbons (Fsp3) is 0.240. The molecule has 0 bridgehead atoms. The smallest absolute Gasteiger partial charge is 0.264 e. The van der Waals surface area contributed by atoms with Crippen molar-refractivity contribution in [3.05, 3.63) is 83.9 Å². The molecule has 0 fully saturated rings. The molecule has 4 rings (SSSR count). The van der Waals surface area contributed by atoms with E-state index in [2.05, 4.69) is 5.32 Å². The van der Waals surface area contributed by atoms with Gasteiger partial charge < -0.3 is 14.8 Å². The minimum atomic E-state index is -3.88. The van der Waals surface area contributed by atoms with Crippen molar-refractivity contribution in [3.8, 4) is 11.5 Å². The maximum atomic E-state index is 13.4. The van der Waals surface area contributed by atoms with Crippen molar-refractivity contribution in [3.63, 3.8) is 0 Å². The second-order valence-electron chi connectivity index (χ2n) is 7.83. The van der Waals surface area contributed by atoms with Crippen LogP contribution in [0.3, 0.4) is 0 Å². The van der Waals surface area contributed by atoms with Crippen molar-refractivity contribution in [1.29, 1.82) is 0 Å². The Bertz CT molecular complexity index is 1240. The molecule has 3 aromatic carbocycles. The highest BCUT2D eigenvalue weighted by Gasteiger charge is 2.37. The van der Waals surface area contributed by atoms with E-state index in [0.29, 0.717) is 11.4 Å². The molecule has 1 aliphatic rings. The van der Waals surface area contributed by atoms with Crippen LogP contribution in [-0.4, -0.2) is 40.1 Å². The molecule has 7 nitrogen and oxygen atoms in total. The zero-order chi connectivity index (χ0) is 23.4. The number of rotatable bonds is 7. The maximum absolute atomic E-state index is 13.4. The number of hydrogen-bond donors (Lipinski definition) is 1. The van der Waals surface area contributed by atoms with Gasteiger partial charge in [-0.05, 0) is 55.3 Å². The fourth-order valence-electron chi connectivity index (χ4n) is 3.61. The van der Waals surface area contributed by atoms with Crippen LogP contribution in [0.25, 0.3) is 0 Å². The summed E-state index contributed by atoms with van der Waals surface area (Å²) in [6.45, 7) is 4.24. The number of benzene rings is 3. The Morgan fingerprint density at radius 1 is 1.06 bits per heavy atom. The van der Waals surface area contributed by atoms with Crippen molar-refractivity contribution in [2.75, 3.05) is 24.0 Å². The molecule has 1 heterocycles. The minimum Gasteiger partial charge on any atom is -0.491 e. The molecule has 33 heavy (non-hydrogen) atoms. The molecule has 1 amide bonds. The van der Waals surface area contributed by atoms with Gasteiger partial charge in [-0.2, -0.15) is 0 Å². The van der Waals surface area contributed by atoms with Crippen molar-refractivity contribution in [1.82, 2.24) is 5.32 Å². The Labute approximate surface area is 194 Å². The molecule has 0 saturated carbocycles. The van der Waals surface area contributed by atoms with Crippen molar-refractivity contribution in [2.45, 2.75) is 24.8 Å². The highest BCUT2D eigenvalue weighted by atomic mass is 32.2. The molecule has 0 spiro atoms. The number of nitrogens with zero attached hydrogens (tertiary/aromatic N) is 1. The highest BCUT2D eigenvalue weighted by molar-refractivity contribution is 7.92. The molecule has 3 aromatic rings. The summed E-state index contributed by atoms with van der Waals surface area (Å²) in [6.07, 6.45) is -0.989. The van der Waals surface area contributed by atoms with Gasteiger partial charge in [0, 0.05) is 0 Å². The number of carbonyl (C=O) groups is 1. The van der Waals surface area contributed by atoms with Crippen molar-refractivity contribution in [2.24, 2.45) is 0 Å². The minimum absolute atomic E-state index is 0.127. The Hall–Kier alpha value is -3.52. The Balaban J connectivity index is 1.49. The van der Waals surface area contributed by atoms with Gasteiger partial charge in [0.2, 0.25) is 0 Å². The molecule has 0 aliphatic carbocycles. The molecular weight excluding hydrogens is 440 g/mol. The van der Waals surface area contributed by atoms with Crippen LogP contribution < -0.4 is 19.1 Å². The Morgan fingerprint density at radius 3 is 2.55 bits per heavy atom. The third-order valence-electron chi connectivity index (χ3n) is 5.36. The van der Waals surface area contributed by atoms with E-state index < -0.39 is 22.0 Å². The molecule has 1 atom stereocenters. The number of carbonyl (C=O) groups excluding carboxylic acids is 1. The van der Waals surface area contributed by atoms with Crippen LogP contribution in [0.5, 0.6) is 11.5 Å². The zero-order valence-corrected chi connectivity index (χ0v) is 19.3. The van der Waals surface area contributed by atoms with Gasteiger partial charge in [-0.3, -0.25) is 9.10 Å². The molecule has 0 radical (unpaired) electrons. The standard InChI is InChI=1S/C25H26N2O5S/c1-18-12-13-23-21(16-18)27(33(29,30)20-9-4-3-5-10-20)17-24(32-23)25(28)26-14-15-31-22-11-7-6-8-19(22)2/h3-13,16,24H,14-15,17H2,1-2H3,(H,26,28)/t24-/m1/s1. The van der Waals surface area contributed by atoms with E-state index in [0.717, 1.165) is 16.9 Å². The Morgan fingerprint density at radius 2 is 1.79 bits per heavy atom. The summed E-state index contributed by atoms with van der Waals surface area (Å²) in [7, 11) is -3.88. The predicted molar refractivity (Wildman–Crippen MR) is 126 cm³/mol. The van der Waals surface area contributed by atoms with Gasteiger partial charge in [-0.15, -0.1) is 0 Å². The number of sulfonamides is 1. The van der Waals surface area contributed by atoms with Crippen LogP contribution >= 0.6 is 0 Å². The fourth-order valence-corrected chi connectivity index (χ4v) is 5.10. The van der Waals surface area contributed by atoms with Crippen LogP contribution in [0.15, 0.2) is 77.7 Å². The first-order chi connectivity index (χ1) is 15.9. The number of nitrogens with one attached hydrogen (secondary N) is 1. The van der Waals surface area contributed by atoms with E-state index in [4.69, 9.17) is 9.47 Å². The number of ether oxygens (including phenoxy) is 2. The maximum Gasteiger partial charge on any atom is 0.264 e. The average Bonchev–Trinajstić information content (AvgIpc) is 2.82. The molecule has 1 aliphatic heterocycles. The Kier molecular flexibility index (Phi) is 6.55. The SMILES string of the molecule is Cc1ccc2c(c1)N(S(=O)(=O)c1ccccc1)C[C@H](C(=O)NCCOc1ccccc1C)O2. The average molecular weight is 467 g/mol. The summed E-state index contributed by atoms with van der Waals surface area (Å²) in [5, 5.41) is 2.79. The molecule has 0 unspecified atom stereocenters. The number of para-hydroxylation sites is 1. The lowest BCUT2D eigenvalue weighted by atomic mass is 10.1. The monoisotopic (exact) mass is 466 g/mol. The second kappa shape index (κ2) is 9.54. The van der Waals surface area contributed by atoms with Gasteiger partial charge >= 0.3 is 0 Å². The first kappa shape index (κ1) is 22.7. The third kappa shape index (κ3) is 4.96. The number of fused-ring (bicyclic) bond motifs is 1. The highest BCUT2D eigenvalue weighted by Crippen LogP contribution is 2.37. The molecule has 0 saturated heterocycles. The first-order valence-electron chi connectivity index (χ1n) is 10.7. The number of aryl methyl sites for hydroxylation is 2. The summed E-state index contributed by atoms with van der Waals surface area (Å²) >= 11 is 0. The van der Waals surface area contributed by atoms with Crippen molar-refractivity contribution < 1.29 is 22.7 Å². The van der Waals surface area contributed by atoms with E-state index in [1.54, 1.807) is 30.3 Å². The van der Waals surface area contributed by atoms with Crippen molar-refractivity contribution >= 4 is 21.6 Å². The molecule has 8 heteroatoms. The second-order valence-corrected chi connectivity index (χ2v) is 9.69. The molecule has 0 aromatic heterocycles. The zero-order valence-electron chi connectivity index (χ0n) is 18.5. The number of amides is 1. The van der Waals surface area contributed by atoms with E-state index in [1.807, 2.05) is 44.2 Å². The van der Waals surface area contributed by atoms with E-state index in [-0.39, 0.29) is 24.6 Å².